The number of amides is 1. The van der Waals surface area contributed by atoms with Crippen molar-refractivity contribution in [3.05, 3.63) is 0 Å². The van der Waals surface area contributed by atoms with Gasteiger partial charge in [0.25, 0.3) is 3.91 Å². The fourth-order valence-electron chi connectivity index (χ4n) is 4.89. The summed E-state index contributed by atoms with van der Waals surface area (Å²) >= 11 is 1.88. The number of hydrogen-bond donors (Lipinski definition) is 1. The van der Waals surface area contributed by atoms with Crippen molar-refractivity contribution in [2.75, 3.05) is 0 Å². The molecule has 18 heavy (non-hydrogen) atoms. The lowest BCUT2D eigenvalue weighted by molar-refractivity contribution is -0.187. The van der Waals surface area contributed by atoms with Gasteiger partial charge in [-0.3, -0.25) is 4.79 Å². The summed E-state index contributed by atoms with van der Waals surface area (Å²) in [6.45, 7) is 0. The van der Waals surface area contributed by atoms with Gasteiger partial charge in [0.1, 0.15) is 0 Å². The Morgan fingerprint density at radius 1 is 0.944 bits per heavy atom. The minimum absolute atomic E-state index is 0.135. The van der Waals surface area contributed by atoms with Gasteiger partial charge in [0.05, 0.1) is 0 Å². The van der Waals surface area contributed by atoms with Crippen LogP contribution in [-0.2, 0) is 0 Å². The molecule has 0 spiro atoms. The smallest absolute Gasteiger partial charge is 0.281 e. The SMILES string of the molecule is O=C(I)NC12CC(C3CCCCCCCC3)(C1)C2. The van der Waals surface area contributed by atoms with E-state index in [1.165, 1.54) is 70.6 Å². The van der Waals surface area contributed by atoms with Crippen LogP contribution in [0, 0.1) is 11.3 Å². The minimum atomic E-state index is 0.135. The molecule has 2 nitrogen and oxygen atoms in total. The maximum Gasteiger partial charge on any atom is 0.281 e. The lowest BCUT2D eigenvalue weighted by Gasteiger charge is -2.73. The molecular weight excluding hydrogens is 337 g/mol. The Bertz CT molecular complexity index is 312. The Morgan fingerprint density at radius 3 is 1.94 bits per heavy atom. The first-order valence-corrected chi connectivity index (χ1v) is 8.70. The molecule has 0 atom stereocenters. The lowest BCUT2D eigenvalue weighted by atomic mass is 9.35. The van der Waals surface area contributed by atoms with Crippen molar-refractivity contribution in [1.29, 1.82) is 0 Å². The van der Waals surface area contributed by atoms with Gasteiger partial charge in [0.15, 0.2) is 0 Å². The molecule has 102 valence electrons. The summed E-state index contributed by atoms with van der Waals surface area (Å²) in [5.74, 6) is 0.962. The van der Waals surface area contributed by atoms with Crippen molar-refractivity contribution in [1.82, 2.24) is 5.32 Å². The van der Waals surface area contributed by atoms with Gasteiger partial charge in [-0.15, -0.1) is 0 Å². The third-order valence-electron chi connectivity index (χ3n) is 5.66. The van der Waals surface area contributed by atoms with Crippen LogP contribution in [0.5, 0.6) is 0 Å². The second-order valence-corrected chi connectivity index (χ2v) is 7.95. The molecule has 4 aliphatic rings. The predicted octanol–water partition coefficient (Wildman–Crippen LogP) is 4.80. The van der Waals surface area contributed by atoms with E-state index in [0.29, 0.717) is 5.41 Å². The molecule has 0 radical (unpaired) electrons. The Hall–Kier alpha value is 0.200. The molecule has 0 aromatic carbocycles. The summed E-state index contributed by atoms with van der Waals surface area (Å²) < 4.78 is 0.135. The van der Waals surface area contributed by atoms with Gasteiger partial charge in [-0.2, -0.15) is 0 Å². The summed E-state index contributed by atoms with van der Waals surface area (Å²) in [7, 11) is 0. The van der Waals surface area contributed by atoms with Crippen molar-refractivity contribution >= 4 is 26.5 Å². The highest BCUT2D eigenvalue weighted by molar-refractivity contribution is 14.1. The van der Waals surface area contributed by atoms with Gasteiger partial charge in [0, 0.05) is 28.1 Å². The summed E-state index contributed by atoms with van der Waals surface area (Å²) in [6, 6.07) is 0. The summed E-state index contributed by atoms with van der Waals surface area (Å²) in [5, 5.41) is 3.17. The van der Waals surface area contributed by atoms with Gasteiger partial charge >= 0.3 is 0 Å². The molecule has 0 aromatic rings. The van der Waals surface area contributed by atoms with E-state index in [9.17, 15) is 4.79 Å². The Balaban J connectivity index is 1.55. The largest absolute Gasteiger partial charge is 0.342 e. The molecule has 3 heteroatoms. The Kier molecular flexibility index (Phi) is 3.63. The molecule has 4 aliphatic carbocycles. The molecule has 0 saturated heterocycles. The maximum absolute atomic E-state index is 11.2. The van der Waals surface area contributed by atoms with E-state index >= 15 is 0 Å². The number of hydrogen-bond acceptors (Lipinski definition) is 1. The van der Waals surface area contributed by atoms with E-state index in [1.54, 1.807) is 0 Å². The second kappa shape index (κ2) is 4.95. The first-order chi connectivity index (χ1) is 8.64. The monoisotopic (exact) mass is 361 g/mol. The molecule has 4 saturated carbocycles. The molecule has 1 N–H and O–H groups in total. The van der Waals surface area contributed by atoms with Gasteiger partial charge in [-0.25, -0.2) is 0 Å². The zero-order valence-electron chi connectivity index (χ0n) is 11.1. The standard InChI is InChI=1S/C15H24INO/c16-13(18)17-15-9-14(10-15,11-15)12-7-5-3-1-2-4-6-8-12/h12H,1-11H2,(H,17,18). The highest BCUT2D eigenvalue weighted by Crippen LogP contribution is 2.72. The van der Waals surface area contributed by atoms with Crippen molar-refractivity contribution in [2.45, 2.75) is 76.2 Å². The molecule has 0 heterocycles. The number of carbonyl (C=O) groups is 1. The van der Waals surface area contributed by atoms with E-state index in [-0.39, 0.29) is 9.45 Å². The molecule has 4 fully saturated rings. The zero-order valence-corrected chi connectivity index (χ0v) is 13.3. The van der Waals surface area contributed by atoms with Crippen LogP contribution >= 0.6 is 22.6 Å². The summed E-state index contributed by atoms with van der Waals surface area (Å²) in [5.41, 5.74) is 0.875. The summed E-state index contributed by atoms with van der Waals surface area (Å²) in [6.07, 6.45) is 15.4. The van der Waals surface area contributed by atoms with Gasteiger partial charge < -0.3 is 5.32 Å². The third-order valence-corrected chi connectivity index (χ3v) is 5.93. The first-order valence-electron chi connectivity index (χ1n) is 7.62. The molecule has 0 aromatic heterocycles. The fourth-order valence-corrected chi connectivity index (χ4v) is 5.46. The van der Waals surface area contributed by atoms with Crippen molar-refractivity contribution in [2.24, 2.45) is 11.3 Å². The van der Waals surface area contributed by atoms with Crippen LogP contribution in [0.15, 0.2) is 0 Å². The Labute approximate surface area is 124 Å². The van der Waals surface area contributed by atoms with Crippen LogP contribution in [0.2, 0.25) is 0 Å². The number of nitrogens with one attached hydrogen (secondary N) is 1. The van der Waals surface area contributed by atoms with E-state index in [1.807, 2.05) is 22.6 Å². The van der Waals surface area contributed by atoms with E-state index in [0.717, 1.165) is 5.92 Å². The molecule has 2 bridgehead atoms. The average molecular weight is 361 g/mol. The van der Waals surface area contributed by atoms with Crippen LogP contribution in [0.4, 0.5) is 4.79 Å². The molecule has 1 amide bonds. The highest BCUT2D eigenvalue weighted by atomic mass is 127. The van der Waals surface area contributed by atoms with Gasteiger partial charge in [0.2, 0.25) is 0 Å². The van der Waals surface area contributed by atoms with Crippen molar-refractivity contribution in [3.63, 3.8) is 0 Å². The Morgan fingerprint density at radius 2 is 1.44 bits per heavy atom. The first kappa shape index (κ1) is 13.2. The normalized spacial score (nSPS) is 40.7. The molecule has 0 aliphatic heterocycles. The molecular formula is C15H24INO. The van der Waals surface area contributed by atoms with Crippen LogP contribution in [0.3, 0.4) is 0 Å². The topological polar surface area (TPSA) is 29.1 Å². The van der Waals surface area contributed by atoms with Crippen LogP contribution in [-0.4, -0.2) is 9.45 Å². The van der Waals surface area contributed by atoms with Crippen molar-refractivity contribution in [3.8, 4) is 0 Å². The maximum atomic E-state index is 11.2. The van der Waals surface area contributed by atoms with Gasteiger partial charge in [-0.05, 0) is 43.4 Å². The lowest BCUT2D eigenvalue weighted by Crippen LogP contribution is -2.76. The van der Waals surface area contributed by atoms with E-state index < -0.39 is 0 Å². The average Bonchev–Trinajstić information content (AvgIpc) is 2.34. The van der Waals surface area contributed by atoms with Crippen LogP contribution in [0.25, 0.3) is 0 Å². The number of halogens is 1. The van der Waals surface area contributed by atoms with Gasteiger partial charge in [-0.1, -0.05) is 38.5 Å². The highest BCUT2D eigenvalue weighted by Gasteiger charge is 2.70. The number of rotatable bonds is 2. The third kappa shape index (κ3) is 2.32. The second-order valence-electron chi connectivity index (χ2n) is 6.97. The summed E-state index contributed by atoms with van der Waals surface area (Å²) in [4.78, 5) is 11.2. The van der Waals surface area contributed by atoms with Crippen molar-refractivity contribution < 1.29 is 4.79 Å². The van der Waals surface area contributed by atoms with E-state index in [4.69, 9.17) is 0 Å². The van der Waals surface area contributed by atoms with Crippen LogP contribution < -0.4 is 5.32 Å². The zero-order chi connectivity index (χ0) is 12.6. The van der Waals surface area contributed by atoms with E-state index in [2.05, 4.69) is 5.32 Å². The minimum Gasteiger partial charge on any atom is -0.342 e. The molecule has 0 unspecified atom stereocenters. The predicted molar refractivity (Wildman–Crippen MR) is 82.0 cm³/mol. The quantitative estimate of drug-likeness (QED) is 0.427. The molecule has 4 rings (SSSR count). The van der Waals surface area contributed by atoms with Crippen LogP contribution in [0.1, 0.15) is 70.6 Å². The fraction of sp³-hybridized carbons (Fsp3) is 0.933. The number of carbonyl (C=O) groups excluding carboxylic acids is 1.